The summed E-state index contributed by atoms with van der Waals surface area (Å²) in [5, 5.41) is 2.92. The fraction of sp³-hybridized carbons (Fsp3) is 0.611. The van der Waals surface area contributed by atoms with Crippen molar-refractivity contribution in [3.63, 3.8) is 0 Å². The zero-order chi connectivity index (χ0) is 17.6. The van der Waals surface area contributed by atoms with E-state index in [9.17, 15) is 9.59 Å². The maximum absolute atomic E-state index is 12.3. The number of carbonyl (C=O) groups excluding carboxylic acids is 2. The molecule has 1 aromatic rings. The van der Waals surface area contributed by atoms with Gasteiger partial charge in [-0.2, -0.15) is 0 Å². The third-order valence-corrected chi connectivity index (χ3v) is 5.07. The van der Waals surface area contributed by atoms with Crippen molar-refractivity contribution in [1.29, 1.82) is 0 Å². The molecule has 3 amide bonds. The van der Waals surface area contributed by atoms with Crippen LogP contribution in [0.2, 0.25) is 0 Å². The SMILES string of the molecule is CCN1CCN(C2CCN(CC(=O)NCc3ccccn3)CC2)C1=O. The van der Waals surface area contributed by atoms with Crippen molar-refractivity contribution in [1.82, 2.24) is 25.0 Å². The molecule has 0 bridgehead atoms. The summed E-state index contributed by atoms with van der Waals surface area (Å²) in [6, 6.07) is 6.17. The molecule has 0 unspecified atom stereocenters. The first-order valence-electron chi connectivity index (χ1n) is 9.12. The number of piperidine rings is 1. The van der Waals surface area contributed by atoms with Gasteiger partial charge in [-0.15, -0.1) is 0 Å². The molecule has 3 rings (SSSR count). The average Bonchev–Trinajstić information content (AvgIpc) is 3.02. The van der Waals surface area contributed by atoms with Crippen molar-refractivity contribution in [3.8, 4) is 0 Å². The molecule has 0 saturated carbocycles. The van der Waals surface area contributed by atoms with Gasteiger partial charge in [0.2, 0.25) is 5.91 Å². The van der Waals surface area contributed by atoms with Gasteiger partial charge in [0.05, 0.1) is 18.8 Å². The van der Waals surface area contributed by atoms with Crippen LogP contribution in [0.15, 0.2) is 24.4 Å². The van der Waals surface area contributed by atoms with Gasteiger partial charge in [-0.1, -0.05) is 6.07 Å². The molecule has 2 aliphatic heterocycles. The van der Waals surface area contributed by atoms with Crippen LogP contribution in [0.4, 0.5) is 4.79 Å². The molecule has 1 aromatic heterocycles. The van der Waals surface area contributed by atoms with Crippen LogP contribution in [0, 0.1) is 0 Å². The van der Waals surface area contributed by atoms with Crippen LogP contribution in [-0.4, -0.2) is 76.9 Å². The number of rotatable bonds is 6. The predicted molar refractivity (Wildman–Crippen MR) is 94.9 cm³/mol. The fourth-order valence-electron chi connectivity index (χ4n) is 3.57. The summed E-state index contributed by atoms with van der Waals surface area (Å²) in [4.78, 5) is 34.7. The smallest absolute Gasteiger partial charge is 0.320 e. The topological polar surface area (TPSA) is 68.8 Å². The highest BCUT2D eigenvalue weighted by molar-refractivity contribution is 5.78. The van der Waals surface area contributed by atoms with E-state index in [-0.39, 0.29) is 11.9 Å². The lowest BCUT2D eigenvalue weighted by atomic mass is 10.0. The summed E-state index contributed by atoms with van der Waals surface area (Å²) in [5.41, 5.74) is 0.864. The molecule has 1 N–H and O–H groups in total. The lowest BCUT2D eigenvalue weighted by molar-refractivity contribution is -0.122. The third kappa shape index (κ3) is 4.48. The summed E-state index contributed by atoms with van der Waals surface area (Å²) in [7, 11) is 0. The monoisotopic (exact) mass is 345 g/mol. The number of hydrogen-bond donors (Lipinski definition) is 1. The van der Waals surface area contributed by atoms with Crippen LogP contribution in [0.3, 0.4) is 0 Å². The Morgan fingerprint density at radius 1 is 1.24 bits per heavy atom. The Morgan fingerprint density at radius 2 is 2.04 bits per heavy atom. The predicted octanol–water partition coefficient (Wildman–Crippen LogP) is 0.920. The molecule has 2 aliphatic rings. The minimum atomic E-state index is 0.0264. The Hall–Kier alpha value is -2.15. The molecule has 0 spiro atoms. The molecule has 7 nitrogen and oxygen atoms in total. The molecule has 136 valence electrons. The average molecular weight is 345 g/mol. The Bertz CT molecular complexity index is 586. The van der Waals surface area contributed by atoms with E-state index in [0.29, 0.717) is 19.1 Å². The number of likely N-dealkylation sites (tertiary alicyclic amines) is 1. The van der Waals surface area contributed by atoms with E-state index in [2.05, 4.69) is 15.2 Å². The molecular formula is C18H27N5O2. The Kier molecular flexibility index (Phi) is 5.86. The quantitative estimate of drug-likeness (QED) is 0.832. The van der Waals surface area contributed by atoms with E-state index in [1.54, 1.807) is 6.20 Å². The normalized spacial score (nSPS) is 19.5. The first-order chi connectivity index (χ1) is 12.2. The number of urea groups is 1. The number of nitrogens with one attached hydrogen (secondary N) is 1. The van der Waals surface area contributed by atoms with Crippen LogP contribution >= 0.6 is 0 Å². The number of hydrogen-bond acceptors (Lipinski definition) is 4. The minimum Gasteiger partial charge on any atom is -0.349 e. The highest BCUT2D eigenvalue weighted by atomic mass is 16.2. The standard InChI is InChI=1S/C18H27N5O2/c1-2-22-11-12-23(18(22)25)16-6-9-21(10-7-16)14-17(24)20-13-15-5-3-4-8-19-15/h3-5,8,16H,2,6-7,9-14H2,1H3,(H,20,24). The van der Waals surface area contributed by atoms with Crippen LogP contribution in [0.1, 0.15) is 25.5 Å². The molecule has 0 aromatic carbocycles. The van der Waals surface area contributed by atoms with Gasteiger partial charge in [-0.3, -0.25) is 14.7 Å². The van der Waals surface area contributed by atoms with E-state index in [4.69, 9.17) is 0 Å². The van der Waals surface area contributed by atoms with Gasteiger partial charge in [-0.25, -0.2) is 4.79 Å². The number of amides is 3. The molecule has 0 radical (unpaired) electrons. The summed E-state index contributed by atoms with van der Waals surface area (Å²) in [6.45, 7) is 7.07. The zero-order valence-electron chi connectivity index (χ0n) is 14.9. The van der Waals surface area contributed by atoms with Gasteiger partial charge < -0.3 is 15.1 Å². The summed E-state index contributed by atoms with van der Waals surface area (Å²) >= 11 is 0. The van der Waals surface area contributed by atoms with Gasteiger partial charge in [0, 0.05) is 45.0 Å². The van der Waals surface area contributed by atoms with E-state index >= 15 is 0 Å². The van der Waals surface area contributed by atoms with Crippen LogP contribution in [0.5, 0.6) is 0 Å². The zero-order valence-corrected chi connectivity index (χ0v) is 14.9. The van der Waals surface area contributed by atoms with E-state index < -0.39 is 0 Å². The molecule has 2 fully saturated rings. The fourth-order valence-corrected chi connectivity index (χ4v) is 3.57. The van der Waals surface area contributed by atoms with Crippen molar-refractivity contribution in [3.05, 3.63) is 30.1 Å². The lowest BCUT2D eigenvalue weighted by Crippen LogP contribution is -2.48. The number of carbonyl (C=O) groups is 2. The van der Waals surface area contributed by atoms with Crippen molar-refractivity contribution in [2.45, 2.75) is 32.4 Å². The third-order valence-electron chi connectivity index (χ3n) is 5.07. The number of aromatic nitrogens is 1. The van der Waals surface area contributed by atoms with E-state index in [1.807, 2.05) is 34.9 Å². The number of pyridine rings is 1. The van der Waals surface area contributed by atoms with E-state index in [1.165, 1.54) is 0 Å². The lowest BCUT2D eigenvalue weighted by Gasteiger charge is -2.36. The maximum atomic E-state index is 12.3. The van der Waals surface area contributed by atoms with E-state index in [0.717, 1.165) is 51.3 Å². The van der Waals surface area contributed by atoms with Crippen molar-refractivity contribution < 1.29 is 9.59 Å². The Morgan fingerprint density at radius 3 is 2.68 bits per heavy atom. The van der Waals surface area contributed by atoms with Gasteiger partial charge in [0.15, 0.2) is 0 Å². The van der Waals surface area contributed by atoms with Crippen molar-refractivity contribution >= 4 is 11.9 Å². The Labute approximate surface area is 149 Å². The molecule has 2 saturated heterocycles. The van der Waals surface area contributed by atoms with Crippen LogP contribution in [0.25, 0.3) is 0 Å². The molecule has 0 atom stereocenters. The van der Waals surface area contributed by atoms with Crippen molar-refractivity contribution in [2.75, 3.05) is 39.3 Å². The number of nitrogens with zero attached hydrogens (tertiary/aromatic N) is 4. The second-order valence-corrected chi connectivity index (χ2v) is 6.66. The summed E-state index contributed by atoms with van der Waals surface area (Å²) in [6.07, 6.45) is 3.61. The van der Waals surface area contributed by atoms with Crippen LogP contribution in [-0.2, 0) is 11.3 Å². The molecule has 3 heterocycles. The second-order valence-electron chi connectivity index (χ2n) is 6.66. The van der Waals surface area contributed by atoms with Gasteiger partial charge in [-0.05, 0) is 31.9 Å². The largest absolute Gasteiger partial charge is 0.349 e. The van der Waals surface area contributed by atoms with Crippen molar-refractivity contribution in [2.24, 2.45) is 0 Å². The summed E-state index contributed by atoms with van der Waals surface area (Å²) < 4.78 is 0. The second kappa shape index (κ2) is 8.29. The summed E-state index contributed by atoms with van der Waals surface area (Å²) in [5.74, 6) is 0.0264. The number of likely N-dealkylation sites (N-methyl/N-ethyl adjacent to an activating group) is 1. The molecule has 7 heteroatoms. The van der Waals surface area contributed by atoms with Crippen LogP contribution < -0.4 is 5.32 Å². The minimum absolute atomic E-state index is 0.0264. The van der Waals surface area contributed by atoms with Gasteiger partial charge >= 0.3 is 6.03 Å². The van der Waals surface area contributed by atoms with Gasteiger partial charge in [0.25, 0.3) is 0 Å². The Balaban J connectivity index is 1.39. The van der Waals surface area contributed by atoms with Gasteiger partial charge in [0.1, 0.15) is 0 Å². The first-order valence-corrected chi connectivity index (χ1v) is 9.12. The first kappa shape index (κ1) is 17.7. The molecule has 25 heavy (non-hydrogen) atoms. The maximum Gasteiger partial charge on any atom is 0.320 e. The highest BCUT2D eigenvalue weighted by Crippen LogP contribution is 2.21. The highest BCUT2D eigenvalue weighted by Gasteiger charge is 2.34. The molecule has 0 aliphatic carbocycles. The molecular weight excluding hydrogens is 318 g/mol.